The molecule has 0 aliphatic carbocycles. The Bertz CT molecular complexity index is 817. The lowest BCUT2D eigenvalue weighted by Crippen LogP contribution is -2.41. The molecular formula is C15H17N3O4S2. The molecule has 24 heavy (non-hydrogen) atoms. The molecule has 0 radical (unpaired) electrons. The van der Waals surface area contributed by atoms with Crippen molar-refractivity contribution >= 4 is 27.1 Å². The minimum atomic E-state index is -3.20. The molecule has 9 heteroatoms. The van der Waals surface area contributed by atoms with Crippen LogP contribution in [0.15, 0.2) is 34.6 Å². The molecule has 0 unspecified atom stereocenters. The molecule has 2 fully saturated rings. The fraction of sp³-hybridized carbons (Fsp3) is 0.467. The molecule has 1 amide bonds. The molecule has 3 atom stereocenters. The summed E-state index contributed by atoms with van der Waals surface area (Å²) >= 11 is 1.57. The van der Waals surface area contributed by atoms with Crippen LogP contribution in [0.25, 0.3) is 0 Å². The molecule has 4 heterocycles. The molecule has 2 aromatic rings. The largest absolute Gasteiger partial charge is 0.472 e. The van der Waals surface area contributed by atoms with Gasteiger partial charge in [0.15, 0.2) is 9.84 Å². The van der Waals surface area contributed by atoms with Crippen molar-refractivity contribution in [1.82, 2.24) is 15.2 Å². The minimum absolute atomic E-state index is 0.0109. The fourth-order valence-corrected chi connectivity index (χ4v) is 6.57. The Hall–Kier alpha value is -1.71. The zero-order valence-corrected chi connectivity index (χ0v) is 14.4. The van der Waals surface area contributed by atoms with Crippen LogP contribution in [-0.4, -0.2) is 54.3 Å². The van der Waals surface area contributed by atoms with E-state index < -0.39 is 15.1 Å². The average molecular weight is 367 g/mol. The standard InChI is InChI=1S/C15H17N3O4S2/c19-15(10-1-3-22-8-10)17-12-9-24(20,21)13-6-18(5-11(12)13)7-14-16-2-4-23-14/h1-4,8,11-13H,5-7,9H2,(H,17,19)/t11-,12+,13-/m0/s1. The number of thiazole rings is 1. The van der Waals surface area contributed by atoms with E-state index in [9.17, 15) is 13.2 Å². The summed E-state index contributed by atoms with van der Waals surface area (Å²) in [5, 5.41) is 5.35. The molecule has 2 aliphatic rings. The predicted molar refractivity (Wildman–Crippen MR) is 88.4 cm³/mol. The molecule has 0 saturated carbocycles. The van der Waals surface area contributed by atoms with Gasteiger partial charge in [-0.3, -0.25) is 9.69 Å². The number of hydrogen-bond acceptors (Lipinski definition) is 7. The van der Waals surface area contributed by atoms with Crippen LogP contribution in [0, 0.1) is 5.92 Å². The summed E-state index contributed by atoms with van der Waals surface area (Å²) < 4.78 is 29.8. The van der Waals surface area contributed by atoms with Crippen molar-refractivity contribution in [3.8, 4) is 0 Å². The van der Waals surface area contributed by atoms with E-state index in [0.29, 0.717) is 25.2 Å². The van der Waals surface area contributed by atoms with E-state index in [1.54, 1.807) is 23.6 Å². The SMILES string of the molecule is O=C(N[C@@H]1CS(=O)(=O)[C@H]2CN(Cc3nccs3)C[C@@H]12)c1ccoc1. The van der Waals surface area contributed by atoms with Crippen molar-refractivity contribution in [2.24, 2.45) is 5.92 Å². The van der Waals surface area contributed by atoms with Crippen molar-refractivity contribution in [3.05, 3.63) is 40.7 Å². The Labute approximate surface area is 143 Å². The van der Waals surface area contributed by atoms with Crippen LogP contribution in [0.4, 0.5) is 0 Å². The Morgan fingerprint density at radius 2 is 2.33 bits per heavy atom. The van der Waals surface area contributed by atoms with Gasteiger partial charge in [-0.05, 0) is 6.07 Å². The summed E-state index contributed by atoms with van der Waals surface area (Å²) in [6.07, 6.45) is 4.54. The molecule has 4 rings (SSSR count). The molecule has 2 aromatic heterocycles. The summed E-state index contributed by atoms with van der Waals surface area (Å²) in [4.78, 5) is 18.6. The maximum Gasteiger partial charge on any atom is 0.254 e. The first-order chi connectivity index (χ1) is 11.5. The van der Waals surface area contributed by atoms with E-state index in [0.717, 1.165) is 5.01 Å². The fourth-order valence-electron chi connectivity index (χ4n) is 3.59. The maximum absolute atomic E-state index is 12.5. The second kappa shape index (κ2) is 5.98. The second-order valence-electron chi connectivity index (χ2n) is 6.24. The number of hydrogen-bond donors (Lipinski definition) is 1. The number of amides is 1. The van der Waals surface area contributed by atoms with Gasteiger partial charge in [-0.15, -0.1) is 11.3 Å². The van der Waals surface area contributed by atoms with Crippen LogP contribution < -0.4 is 5.32 Å². The molecule has 0 spiro atoms. The number of nitrogens with one attached hydrogen (secondary N) is 1. The third-order valence-electron chi connectivity index (χ3n) is 4.72. The predicted octanol–water partition coefficient (Wildman–Crippen LogP) is 0.764. The highest BCUT2D eigenvalue weighted by Crippen LogP contribution is 2.35. The average Bonchev–Trinajstić information content (AvgIpc) is 3.29. The third-order valence-corrected chi connectivity index (χ3v) is 7.73. The number of sulfone groups is 1. The molecule has 0 aromatic carbocycles. The zero-order chi connectivity index (χ0) is 16.7. The van der Waals surface area contributed by atoms with Crippen LogP contribution in [0.2, 0.25) is 0 Å². The molecule has 2 aliphatic heterocycles. The van der Waals surface area contributed by atoms with Gasteiger partial charge in [0.05, 0.1) is 29.4 Å². The van der Waals surface area contributed by atoms with Gasteiger partial charge in [0.2, 0.25) is 0 Å². The van der Waals surface area contributed by atoms with E-state index in [-0.39, 0.29) is 23.6 Å². The summed E-state index contributed by atoms with van der Waals surface area (Å²) in [6, 6.07) is 1.21. The molecule has 2 saturated heterocycles. The van der Waals surface area contributed by atoms with Crippen LogP contribution >= 0.6 is 11.3 Å². The monoisotopic (exact) mass is 367 g/mol. The summed E-state index contributed by atoms with van der Waals surface area (Å²) in [5.74, 6) is -0.356. The summed E-state index contributed by atoms with van der Waals surface area (Å²) in [6.45, 7) is 1.81. The normalized spacial score (nSPS) is 28.8. The van der Waals surface area contributed by atoms with E-state index in [2.05, 4.69) is 15.2 Å². The van der Waals surface area contributed by atoms with Gasteiger partial charge in [-0.25, -0.2) is 13.4 Å². The molecule has 7 nitrogen and oxygen atoms in total. The molecular weight excluding hydrogens is 350 g/mol. The van der Waals surface area contributed by atoms with Gasteiger partial charge in [-0.1, -0.05) is 0 Å². The van der Waals surface area contributed by atoms with Gasteiger partial charge in [-0.2, -0.15) is 0 Å². The minimum Gasteiger partial charge on any atom is -0.472 e. The summed E-state index contributed by atoms with van der Waals surface area (Å²) in [7, 11) is -3.20. The molecule has 128 valence electrons. The number of rotatable bonds is 4. The summed E-state index contributed by atoms with van der Waals surface area (Å²) in [5.41, 5.74) is 0.411. The first-order valence-corrected chi connectivity index (χ1v) is 10.3. The van der Waals surface area contributed by atoms with Gasteiger partial charge >= 0.3 is 0 Å². The second-order valence-corrected chi connectivity index (χ2v) is 9.49. The van der Waals surface area contributed by atoms with Crippen molar-refractivity contribution in [1.29, 1.82) is 0 Å². The highest BCUT2D eigenvalue weighted by molar-refractivity contribution is 7.92. The van der Waals surface area contributed by atoms with Crippen LogP contribution in [0.3, 0.4) is 0 Å². The Kier molecular flexibility index (Phi) is 3.93. The molecule has 1 N–H and O–H groups in total. The number of likely N-dealkylation sites (tertiary alicyclic amines) is 1. The number of furan rings is 1. The first kappa shape index (κ1) is 15.8. The zero-order valence-electron chi connectivity index (χ0n) is 12.8. The number of carbonyl (C=O) groups is 1. The number of carbonyl (C=O) groups excluding carboxylic acids is 1. The molecule has 0 bridgehead atoms. The lowest BCUT2D eigenvalue weighted by molar-refractivity contribution is 0.0930. The van der Waals surface area contributed by atoms with E-state index >= 15 is 0 Å². The smallest absolute Gasteiger partial charge is 0.254 e. The topological polar surface area (TPSA) is 92.5 Å². The van der Waals surface area contributed by atoms with Crippen molar-refractivity contribution in [3.63, 3.8) is 0 Å². The van der Waals surface area contributed by atoms with Crippen molar-refractivity contribution < 1.29 is 17.6 Å². The van der Waals surface area contributed by atoms with E-state index in [1.807, 2.05) is 5.38 Å². The Balaban J connectivity index is 1.48. The third kappa shape index (κ3) is 2.87. The van der Waals surface area contributed by atoms with Crippen molar-refractivity contribution in [2.75, 3.05) is 18.8 Å². The lowest BCUT2D eigenvalue weighted by Gasteiger charge is -2.20. The Morgan fingerprint density at radius 1 is 1.46 bits per heavy atom. The quantitative estimate of drug-likeness (QED) is 0.858. The lowest BCUT2D eigenvalue weighted by atomic mass is 10.0. The van der Waals surface area contributed by atoms with Gasteiger partial charge in [0.1, 0.15) is 11.3 Å². The van der Waals surface area contributed by atoms with Crippen LogP contribution in [-0.2, 0) is 16.4 Å². The van der Waals surface area contributed by atoms with Gasteiger partial charge < -0.3 is 9.73 Å². The first-order valence-electron chi connectivity index (χ1n) is 7.68. The number of nitrogens with zero attached hydrogens (tertiary/aromatic N) is 2. The highest BCUT2D eigenvalue weighted by Gasteiger charge is 2.52. The Morgan fingerprint density at radius 3 is 3.04 bits per heavy atom. The van der Waals surface area contributed by atoms with Gasteiger partial charge in [0, 0.05) is 36.6 Å². The van der Waals surface area contributed by atoms with Crippen LogP contribution in [0.1, 0.15) is 15.4 Å². The highest BCUT2D eigenvalue weighted by atomic mass is 32.2. The van der Waals surface area contributed by atoms with E-state index in [4.69, 9.17) is 4.42 Å². The maximum atomic E-state index is 12.5. The van der Waals surface area contributed by atoms with E-state index in [1.165, 1.54) is 12.5 Å². The van der Waals surface area contributed by atoms with Crippen LogP contribution in [0.5, 0.6) is 0 Å². The van der Waals surface area contributed by atoms with Gasteiger partial charge in [0.25, 0.3) is 5.91 Å². The number of aromatic nitrogens is 1. The van der Waals surface area contributed by atoms with Crippen molar-refractivity contribution in [2.45, 2.75) is 17.8 Å². The number of fused-ring (bicyclic) bond motifs is 1.